The predicted molar refractivity (Wildman–Crippen MR) is 106 cm³/mol. The summed E-state index contributed by atoms with van der Waals surface area (Å²) in [7, 11) is 0. The molecular formula is C21H41NO4. The molecule has 5 heteroatoms. The fourth-order valence-electron chi connectivity index (χ4n) is 3.34. The number of ether oxygens (including phenoxy) is 2. The van der Waals surface area contributed by atoms with Crippen molar-refractivity contribution < 1.29 is 20.5 Å². The third kappa shape index (κ3) is 10.3. The van der Waals surface area contributed by atoms with E-state index in [1.54, 1.807) is 0 Å². The zero-order valence-electron chi connectivity index (χ0n) is 17.0. The molecule has 2 rings (SSSR count). The number of carbonyl (C=O) groups is 2. The van der Waals surface area contributed by atoms with E-state index in [1.807, 2.05) is 6.92 Å². The number of ketones is 1. The smallest absolute Gasteiger partial charge is 0.219 e. The van der Waals surface area contributed by atoms with Crippen LogP contribution in [0.3, 0.4) is 0 Å². The van der Waals surface area contributed by atoms with Gasteiger partial charge >= 0.3 is 0 Å². The minimum absolute atomic E-state index is 0. The Morgan fingerprint density at radius 3 is 2.00 bits per heavy atom. The minimum Gasteiger partial charge on any atom is -0.381 e. The van der Waals surface area contributed by atoms with E-state index in [4.69, 9.17) is 15.2 Å². The van der Waals surface area contributed by atoms with Crippen molar-refractivity contribution in [2.24, 2.45) is 23.5 Å². The highest BCUT2D eigenvalue weighted by Crippen LogP contribution is 2.29. The van der Waals surface area contributed by atoms with E-state index in [1.165, 1.54) is 32.1 Å². The van der Waals surface area contributed by atoms with Crippen LogP contribution in [0.5, 0.6) is 0 Å². The molecule has 0 heterocycles. The molecule has 154 valence electrons. The van der Waals surface area contributed by atoms with Gasteiger partial charge < -0.3 is 15.2 Å². The van der Waals surface area contributed by atoms with Gasteiger partial charge in [-0.25, -0.2) is 0 Å². The van der Waals surface area contributed by atoms with Crippen molar-refractivity contribution >= 4 is 11.7 Å². The second-order valence-electron chi connectivity index (χ2n) is 8.01. The third-order valence-electron chi connectivity index (χ3n) is 5.39. The molecule has 0 unspecified atom stereocenters. The Kier molecular flexibility index (Phi) is 11.8. The van der Waals surface area contributed by atoms with Gasteiger partial charge in [-0.3, -0.25) is 9.59 Å². The van der Waals surface area contributed by atoms with Gasteiger partial charge in [-0.2, -0.15) is 0 Å². The van der Waals surface area contributed by atoms with Gasteiger partial charge in [0, 0.05) is 33.4 Å². The fraction of sp³-hybridized carbons (Fsp3) is 0.905. The summed E-state index contributed by atoms with van der Waals surface area (Å²) in [6, 6.07) is 0. The van der Waals surface area contributed by atoms with Crippen LogP contribution >= 0.6 is 0 Å². The van der Waals surface area contributed by atoms with Crippen LogP contribution in [0.4, 0.5) is 0 Å². The Bertz CT molecular complexity index is 405. The van der Waals surface area contributed by atoms with E-state index in [0.717, 1.165) is 32.5 Å². The molecule has 0 atom stereocenters. The first-order valence-electron chi connectivity index (χ1n) is 10.4. The highest BCUT2D eigenvalue weighted by molar-refractivity contribution is 5.81. The summed E-state index contributed by atoms with van der Waals surface area (Å²) in [5.41, 5.74) is 5.05. The summed E-state index contributed by atoms with van der Waals surface area (Å²) in [5, 5.41) is 0. The van der Waals surface area contributed by atoms with E-state index in [-0.39, 0.29) is 7.33 Å². The number of primary amides is 1. The number of rotatable bonds is 10. The maximum absolute atomic E-state index is 10.8. The van der Waals surface area contributed by atoms with Gasteiger partial charge in [0.05, 0.1) is 12.7 Å². The Hall–Kier alpha value is -0.940. The molecule has 2 N–H and O–H groups in total. The van der Waals surface area contributed by atoms with Crippen LogP contribution in [0, 0.1) is 17.8 Å². The van der Waals surface area contributed by atoms with E-state index in [9.17, 15) is 9.59 Å². The van der Waals surface area contributed by atoms with Crippen LogP contribution in [-0.4, -0.2) is 37.6 Å². The van der Waals surface area contributed by atoms with Crippen molar-refractivity contribution in [1.82, 2.24) is 0 Å². The topological polar surface area (TPSA) is 78.6 Å². The molecule has 2 aliphatic rings. The van der Waals surface area contributed by atoms with E-state index in [2.05, 4.69) is 13.8 Å². The van der Waals surface area contributed by atoms with E-state index >= 15 is 0 Å². The summed E-state index contributed by atoms with van der Waals surface area (Å²) in [4.78, 5) is 21.3. The Balaban J connectivity index is 0.000000629. The first-order valence-corrected chi connectivity index (χ1v) is 10.4. The highest BCUT2D eigenvalue weighted by atomic mass is 16.5. The highest BCUT2D eigenvalue weighted by Gasteiger charge is 2.23. The van der Waals surface area contributed by atoms with Crippen molar-refractivity contribution in [3.63, 3.8) is 0 Å². The first-order chi connectivity index (χ1) is 12.4. The Labute approximate surface area is 160 Å². The van der Waals surface area contributed by atoms with Crippen LogP contribution in [0.1, 0.15) is 80.0 Å². The van der Waals surface area contributed by atoms with Gasteiger partial charge in [-0.05, 0) is 64.2 Å². The minimum atomic E-state index is -0.287. The molecule has 0 aromatic rings. The largest absolute Gasteiger partial charge is 0.381 e. The molecule has 0 aliphatic heterocycles. The molecule has 0 saturated heterocycles. The van der Waals surface area contributed by atoms with Crippen LogP contribution < -0.4 is 5.73 Å². The van der Waals surface area contributed by atoms with Gasteiger partial charge in [0.15, 0.2) is 0 Å². The Morgan fingerprint density at radius 1 is 1.04 bits per heavy atom. The number of hydrogen-bond acceptors (Lipinski definition) is 4. The van der Waals surface area contributed by atoms with Gasteiger partial charge in [0.25, 0.3) is 0 Å². The molecule has 2 fully saturated rings. The molecule has 26 heavy (non-hydrogen) atoms. The molecule has 2 saturated carbocycles. The second kappa shape index (κ2) is 13.3. The van der Waals surface area contributed by atoms with Crippen LogP contribution in [0.25, 0.3) is 0 Å². The van der Waals surface area contributed by atoms with Gasteiger partial charge in [0.1, 0.15) is 5.78 Å². The zero-order valence-corrected chi connectivity index (χ0v) is 17.0. The van der Waals surface area contributed by atoms with Crippen molar-refractivity contribution in [3.05, 3.63) is 0 Å². The summed E-state index contributed by atoms with van der Waals surface area (Å²) in [6.45, 7) is 8.24. The summed E-state index contributed by atoms with van der Waals surface area (Å²) >= 11 is 0. The van der Waals surface area contributed by atoms with Crippen LogP contribution in [0.2, 0.25) is 0 Å². The number of amides is 1. The van der Waals surface area contributed by atoms with Crippen molar-refractivity contribution in [2.75, 3.05) is 19.8 Å². The summed E-state index contributed by atoms with van der Waals surface area (Å²) in [5.74, 6) is 2.00. The van der Waals surface area contributed by atoms with Gasteiger partial charge in [-0.15, -0.1) is 0 Å². The summed E-state index contributed by atoms with van der Waals surface area (Å²) in [6.07, 6.45) is 9.89. The molecule has 0 spiro atoms. The molecule has 0 bridgehead atoms. The molecule has 0 aromatic carbocycles. The SMILES string of the molecule is CC(C)OCC1CCC(COCCC(N)=O)CC1.CCC(=O)C1CCC1.[HH]. The number of carbonyl (C=O) groups excluding carboxylic acids is 2. The molecule has 0 aromatic heterocycles. The maximum atomic E-state index is 10.8. The quantitative estimate of drug-likeness (QED) is 0.586. The summed E-state index contributed by atoms with van der Waals surface area (Å²) < 4.78 is 11.1. The number of Topliss-reactive ketones (excluding diaryl/α,β-unsaturated/α-hetero) is 1. The lowest BCUT2D eigenvalue weighted by Crippen LogP contribution is -2.23. The van der Waals surface area contributed by atoms with E-state index < -0.39 is 0 Å². The second-order valence-corrected chi connectivity index (χ2v) is 8.01. The number of hydrogen-bond donors (Lipinski definition) is 1. The molecule has 5 nitrogen and oxygen atoms in total. The lowest BCUT2D eigenvalue weighted by molar-refractivity contribution is -0.124. The molecule has 1 amide bonds. The predicted octanol–water partition coefficient (Wildman–Crippen LogP) is 4.12. The first kappa shape index (κ1) is 23.1. The van der Waals surface area contributed by atoms with Crippen molar-refractivity contribution in [2.45, 2.75) is 84.7 Å². The van der Waals surface area contributed by atoms with Gasteiger partial charge in [0.2, 0.25) is 5.91 Å². The Morgan fingerprint density at radius 2 is 1.62 bits per heavy atom. The maximum Gasteiger partial charge on any atom is 0.219 e. The van der Waals surface area contributed by atoms with E-state index in [0.29, 0.717) is 42.7 Å². The number of nitrogens with two attached hydrogens (primary N) is 1. The molecule has 0 radical (unpaired) electrons. The molecule has 2 aliphatic carbocycles. The average Bonchev–Trinajstić information content (AvgIpc) is 2.56. The van der Waals surface area contributed by atoms with Crippen LogP contribution in [-0.2, 0) is 19.1 Å². The monoisotopic (exact) mass is 371 g/mol. The van der Waals surface area contributed by atoms with Crippen molar-refractivity contribution in [3.8, 4) is 0 Å². The standard InChI is InChI=1S/C14H27NO3.C7H12O.H2/c1-11(2)18-10-13-5-3-12(4-6-13)9-17-8-7-14(15)16;1-2-7(8)6-4-3-5-6;/h11-13H,3-10H2,1-2H3,(H2,15,16);6H,2-5H2,1H3;1H. The van der Waals surface area contributed by atoms with Crippen molar-refractivity contribution in [1.29, 1.82) is 0 Å². The lowest BCUT2D eigenvalue weighted by Gasteiger charge is -2.28. The average molecular weight is 372 g/mol. The fourth-order valence-corrected chi connectivity index (χ4v) is 3.34. The van der Waals surface area contributed by atoms with Gasteiger partial charge in [-0.1, -0.05) is 13.3 Å². The lowest BCUT2D eigenvalue weighted by atomic mass is 9.81. The zero-order chi connectivity index (χ0) is 19.4. The third-order valence-corrected chi connectivity index (χ3v) is 5.39. The van der Waals surface area contributed by atoms with Crippen LogP contribution in [0.15, 0.2) is 0 Å². The molecular weight excluding hydrogens is 330 g/mol. The normalized spacial score (nSPS) is 23.1.